The van der Waals surface area contributed by atoms with Gasteiger partial charge in [-0.05, 0) is 47.0 Å². The number of aromatic nitrogens is 3. The Hall–Kier alpha value is -4.02. The number of carboxylic acids is 1. The second kappa shape index (κ2) is 8.89. The van der Waals surface area contributed by atoms with Gasteiger partial charge in [-0.25, -0.2) is 9.48 Å². The molecule has 1 fully saturated rings. The van der Waals surface area contributed by atoms with E-state index in [2.05, 4.69) is 10.3 Å². The molecular formula is C26H20F3N3O4. The average molecular weight is 495 g/mol. The van der Waals surface area contributed by atoms with E-state index in [1.54, 1.807) is 12.1 Å². The second-order valence-electron chi connectivity index (χ2n) is 8.71. The van der Waals surface area contributed by atoms with Gasteiger partial charge in [-0.15, -0.1) is 5.10 Å². The molecule has 2 N–H and O–H groups in total. The SMILES string of the molecule is O=C(O)c1cc(-c2ccc(C3(CO)COC3)cc2)cc(-n2cc(-c3ccc(C(F)(F)F)cc3)nn2)c1. The van der Waals surface area contributed by atoms with Crippen molar-refractivity contribution in [1.82, 2.24) is 15.0 Å². The fraction of sp³-hybridized carbons (Fsp3) is 0.192. The van der Waals surface area contributed by atoms with Crippen molar-refractivity contribution >= 4 is 5.97 Å². The summed E-state index contributed by atoms with van der Waals surface area (Å²) in [4.78, 5) is 11.8. The Bertz CT molecular complexity index is 1400. The summed E-state index contributed by atoms with van der Waals surface area (Å²) in [5, 5.41) is 27.5. The molecule has 0 radical (unpaired) electrons. The van der Waals surface area contributed by atoms with E-state index in [0.717, 1.165) is 23.3 Å². The third kappa shape index (κ3) is 4.36. The van der Waals surface area contributed by atoms with Crippen molar-refractivity contribution < 1.29 is 32.9 Å². The molecule has 0 bridgehead atoms. The Morgan fingerprint density at radius 3 is 2.19 bits per heavy atom. The van der Waals surface area contributed by atoms with Crippen molar-refractivity contribution in [3.63, 3.8) is 0 Å². The topological polar surface area (TPSA) is 97.5 Å². The van der Waals surface area contributed by atoms with Gasteiger partial charge in [-0.2, -0.15) is 13.2 Å². The minimum Gasteiger partial charge on any atom is -0.478 e. The summed E-state index contributed by atoms with van der Waals surface area (Å²) in [6, 6.07) is 16.8. The maximum atomic E-state index is 12.9. The Labute approximate surface area is 203 Å². The van der Waals surface area contributed by atoms with Gasteiger partial charge in [0.2, 0.25) is 0 Å². The maximum absolute atomic E-state index is 12.9. The molecule has 3 aromatic carbocycles. The molecule has 184 valence electrons. The standard InChI is InChI=1S/C26H20F3N3O4/c27-26(28,29)21-7-3-17(4-8-21)23-12-32(31-30-23)22-10-18(9-19(11-22)24(34)35)16-1-5-20(6-2-16)25(13-33)14-36-15-25/h1-12,33H,13-15H2,(H,34,35). The molecule has 1 aliphatic rings. The number of carbonyl (C=O) groups is 1. The van der Waals surface area contributed by atoms with E-state index in [1.165, 1.54) is 29.1 Å². The fourth-order valence-corrected chi connectivity index (χ4v) is 4.10. The van der Waals surface area contributed by atoms with Gasteiger partial charge >= 0.3 is 12.1 Å². The maximum Gasteiger partial charge on any atom is 0.416 e. The van der Waals surface area contributed by atoms with Crippen LogP contribution in [-0.4, -0.2) is 51.0 Å². The number of hydrogen-bond donors (Lipinski definition) is 2. The van der Waals surface area contributed by atoms with Gasteiger partial charge in [0.05, 0.1) is 48.2 Å². The van der Waals surface area contributed by atoms with Crippen LogP contribution in [0.1, 0.15) is 21.5 Å². The number of ether oxygens (including phenoxy) is 1. The summed E-state index contributed by atoms with van der Waals surface area (Å²) in [6.45, 7) is 0.850. The number of rotatable bonds is 6. The van der Waals surface area contributed by atoms with Gasteiger partial charge in [-0.3, -0.25) is 0 Å². The zero-order valence-electron chi connectivity index (χ0n) is 18.7. The molecule has 0 atom stereocenters. The lowest BCUT2D eigenvalue weighted by molar-refractivity contribution is -0.137. The number of alkyl halides is 3. The average Bonchev–Trinajstić information content (AvgIpc) is 3.34. The van der Waals surface area contributed by atoms with E-state index in [4.69, 9.17) is 4.74 Å². The van der Waals surface area contributed by atoms with Crippen LogP contribution in [0.3, 0.4) is 0 Å². The van der Waals surface area contributed by atoms with Gasteiger partial charge < -0.3 is 14.9 Å². The van der Waals surface area contributed by atoms with Crippen LogP contribution in [0.4, 0.5) is 13.2 Å². The Kier molecular flexibility index (Phi) is 5.85. The first kappa shape index (κ1) is 23.7. The second-order valence-corrected chi connectivity index (χ2v) is 8.71. The third-order valence-corrected chi connectivity index (χ3v) is 6.32. The molecule has 0 amide bonds. The lowest BCUT2D eigenvalue weighted by Gasteiger charge is -2.40. The lowest BCUT2D eigenvalue weighted by Crippen LogP contribution is -2.49. The molecule has 5 rings (SSSR count). The lowest BCUT2D eigenvalue weighted by atomic mass is 9.79. The molecule has 0 saturated carbocycles. The summed E-state index contributed by atoms with van der Waals surface area (Å²) in [6.07, 6.45) is -2.91. The zero-order valence-corrected chi connectivity index (χ0v) is 18.7. The smallest absolute Gasteiger partial charge is 0.416 e. The van der Waals surface area contributed by atoms with Gasteiger partial charge in [0.15, 0.2) is 0 Å². The van der Waals surface area contributed by atoms with E-state index in [0.29, 0.717) is 35.7 Å². The summed E-state index contributed by atoms with van der Waals surface area (Å²) in [5.41, 5.74) is 2.40. The van der Waals surface area contributed by atoms with E-state index < -0.39 is 23.1 Å². The van der Waals surface area contributed by atoms with Crippen molar-refractivity contribution in [3.8, 4) is 28.1 Å². The van der Waals surface area contributed by atoms with Crippen LogP contribution in [0.2, 0.25) is 0 Å². The molecule has 7 nitrogen and oxygen atoms in total. The van der Waals surface area contributed by atoms with Crippen LogP contribution in [0.25, 0.3) is 28.1 Å². The van der Waals surface area contributed by atoms with Crippen LogP contribution in [0, 0.1) is 0 Å². The number of aliphatic hydroxyl groups is 1. The number of aliphatic hydroxyl groups excluding tert-OH is 1. The van der Waals surface area contributed by atoms with E-state index in [9.17, 15) is 28.2 Å². The van der Waals surface area contributed by atoms with Gasteiger partial charge in [0.1, 0.15) is 5.69 Å². The molecule has 1 aromatic heterocycles. The van der Waals surface area contributed by atoms with Gasteiger partial charge in [0.25, 0.3) is 0 Å². The van der Waals surface area contributed by atoms with Crippen LogP contribution in [0.5, 0.6) is 0 Å². The normalized spacial score (nSPS) is 14.9. The first-order chi connectivity index (χ1) is 17.2. The highest BCUT2D eigenvalue weighted by molar-refractivity contribution is 5.90. The van der Waals surface area contributed by atoms with Crippen LogP contribution >= 0.6 is 0 Å². The fourth-order valence-electron chi connectivity index (χ4n) is 4.10. The first-order valence-corrected chi connectivity index (χ1v) is 11.0. The Morgan fingerprint density at radius 2 is 1.64 bits per heavy atom. The number of nitrogens with zero attached hydrogens (tertiary/aromatic N) is 3. The minimum absolute atomic E-state index is 0.0292. The third-order valence-electron chi connectivity index (χ3n) is 6.32. The quantitative estimate of drug-likeness (QED) is 0.407. The van der Waals surface area contributed by atoms with E-state index in [-0.39, 0.29) is 12.2 Å². The highest BCUT2D eigenvalue weighted by atomic mass is 19.4. The number of halogens is 3. The first-order valence-electron chi connectivity index (χ1n) is 11.0. The van der Waals surface area contributed by atoms with E-state index in [1.807, 2.05) is 24.3 Å². The van der Waals surface area contributed by atoms with Crippen molar-refractivity contribution in [1.29, 1.82) is 0 Å². The van der Waals surface area contributed by atoms with Crippen molar-refractivity contribution in [2.45, 2.75) is 11.6 Å². The minimum atomic E-state index is -4.44. The van der Waals surface area contributed by atoms with Crippen molar-refractivity contribution in [2.75, 3.05) is 19.8 Å². The van der Waals surface area contributed by atoms with E-state index >= 15 is 0 Å². The summed E-state index contributed by atoms with van der Waals surface area (Å²) in [5.74, 6) is -1.12. The molecular weight excluding hydrogens is 475 g/mol. The van der Waals surface area contributed by atoms with Gasteiger partial charge in [-0.1, -0.05) is 41.6 Å². The summed E-state index contributed by atoms with van der Waals surface area (Å²) in [7, 11) is 0. The van der Waals surface area contributed by atoms with Crippen LogP contribution < -0.4 is 0 Å². The largest absolute Gasteiger partial charge is 0.478 e. The van der Waals surface area contributed by atoms with Crippen molar-refractivity contribution in [2.24, 2.45) is 0 Å². The number of benzene rings is 3. The monoisotopic (exact) mass is 495 g/mol. The zero-order chi connectivity index (χ0) is 25.5. The highest BCUT2D eigenvalue weighted by Gasteiger charge is 2.39. The molecule has 1 saturated heterocycles. The predicted octanol–water partition coefficient (Wildman–Crippen LogP) is 4.58. The predicted molar refractivity (Wildman–Crippen MR) is 124 cm³/mol. The van der Waals surface area contributed by atoms with Gasteiger partial charge in [0, 0.05) is 5.56 Å². The highest BCUT2D eigenvalue weighted by Crippen LogP contribution is 2.34. The molecule has 0 spiro atoms. The summed E-state index contributed by atoms with van der Waals surface area (Å²) < 4.78 is 45.2. The number of aromatic carboxylic acids is 1. The van der Waals surface area contributed by atoms with Crippen LogP contribution in [0.15, 0.2) is 72.9 Å². The van der Waals surface area contributed by atoms with Crippen molar-refractivity contribution in [3.05, 3.63) is 89.6 Å². The number of hydrogen-bond acceptors (Lipinski definition) is 5. The Balaban J connectivity index is 1.47. The molecule has 10 heteroatoms. The number of carboxylic acid groups (broad SMARTS) is 1. The molecule has 0 aliphatic carbocycles. The molecule has 0 unspecified atom stereocenters. The molecule has 36 heavy (non-hydrogen) atoms. The molecule has 2 heterocycles. The molecule has 4 aromatic rings. The summed E-state index contributed by atoms with van der Waals surface area (Å²) >= 11 is 0. The molecule has 1 aliphatic heterocycles. The van der Waals surface area contributed by atoms with Crippen LogP contribution in [-0.2, 0) is 16.3 Å². The Morgan fingerprint density at radius 1 is 0.972 bits per heavy atom.